The predicted octanol–water partition coefficient (Wildman–Crippen LogP) is 8.15. The summed E-state index contributed by atoms with van der Waals surface area (Å²) in [6, 6.07) is 0. The Morgan fingerprint density at radius 3 is 2.29 bits per heavy atom. The van der Waals surface area contributed by atoms with Crippen molar-refractivity contribution in [3.05, 3.63) is 23.3 Å². The van der Waals surface area contributed by atoms with Crippen LogP contribution in [0.25, 0.3) is 0 Å². The largest absolute Gasteiger partial charge is 0.520 e. The van der Waals surface area contributed by atoms with Crippen LogP contribution >= 0.6 is 0 Å². The fraction of sp³-hybridized carbons (Fsp3) is 0.778. The molecule has 0 aromatic carbocycles. The van der Waals surface area contributed by atoms with E-state index in [0.29, 0.717) is 6.42 Å². The zero-order valence-corrected chi connectivity index (χ0v) is 25.3. The van der Waals surface area contributed by atoms with Gasteiger partial charge < -0.3 is 13.7 Å². The Hall–Kier alpha value is -1.19. The van der Waals surface area contributed by atoms with Crippen LogP contribution in [0.3, 0.4) is 0 Å². The van der Waals surface area contributed by atoms with Gasteiger partial charge in [-0.3, -0.25) is 4.79 Å². The Morgan fingerprint density at radius 1 is 0.971 bits per heavy atom. The lowest BCUT2D eigenvalue weighted by atomic mass is 10.0. The highest BCUT2D eigenvalue weighted by molar-refractivity contribution is 6.71. The smallest absolute Gasteiger partial charge is 0.292 e. The first-order valence-corrected chi connectivity index (χ1v) is 20.2. The highest BCUT2D eigenvalue weighted by atomic mass is 28.4. The minimum Gasteiger partial charge on any atom is -0.520 e. The molecule has 0 amide bonds. The maximum absolute atomic E-state index is 11.9. The van der Waals surface area contributed by atoms with E-state index in [1.807, 2.05) is 0 Å². The van der Waals surface area contributed by atoms with Crippen LogP contribution in [0.4, 0.5) is 0 Å². The summed E-state index contributed by atoms with van der Waals surface area (Å²) in [5.74, 6) is -0.0337. The summed E-state index contributed by atoms with van der Waals surface area (Å²) in [6.07, 6.45) is 17.3. The van der Waals surface area contributed by atoms with E-state index >= 15 is 0 Å². The zero-order valence-electron chi connectivity index (χ0n) is 23.3. The van der Waals surface area contributed by atoms with Crippen molar-refractivity contribution in [2.24, 2.45) is 5.16 Å². The molecule has 0 bridgehead atoms. The molecule has 0 spiro atoms. The lowest BCUT2D eigenvalue weighted by Gasteiger charge is -2.24. The van der Waals surface area contributed by atoms with Crippen LogP contribution < -0.4 is 0 Å². The number of unbranched alkanes of at least 4 members (excludes halogenated alkanes) is 5. The summed E-state index contributed by atoms with van der Waals surface area (Å²) < 4.78 is 12.0. The Bertz CT molecular complexity index is 702. The Labute approximate surface area is 211 Å². The number of allylic oxidation sites excluding steroid dienone is 3. The molecule has 34 heavy (non-hydrogen) atoms. The first-order valence-electron chi connectivity index (χ1n) is 13.4. The predicted molar refractivity (Wildman–Crippen MR) is 149 cm³/mol. The van der Waals surface area contributed by atoms with Crippen LogP contribution in [-0.2, 0) is 18.5 Å². The average molecular weight is 510 g/mol. The van der Waals surface area contributed by atoms with Gasteiger partial charge in [-0.1, -0.05) is 56.3 Å². The number of hydrogen-bond donors (Lipinski definition) is 0. The molecule has 0 aromatic heterocycles. The third-order valence-corrected chi connectivity index (χ3v) is 7.51. The van der Waals surface area contributed by atoms with E-state index in [9.17, 15) is 4.79 Å². The topological polar surface area (TPSA) is 57.1 Å². The van der Waals surface area contributed by atoms with Gasteiger partial charge in [-0.2, -0.15) is 0 Å². The number of hydrogen-bond acceptors (Lipinski definition) is 5. The molecule has 1 aliphatic carbocycles. The number of rotatable bonds is 17. The third kappa shape index (κ3) is 14.3. The minimum atomic E-state index is -1.77. The Kier molecular flexibility index (Phi) is 14.3. The first kappa shape index (κ1) is 30.8. The number of carbonyl (C=O) groups excluding carboxylic acids is 1. The second-order valence-corrected chi connectivity index (χ2v) is 20.2. The molecule has 1 unspecified atom stereocenters. The van der Waals surface area contributed by atoms with Gasteiger partial charge in [0, 0.05) is 6.42 Å². The van der Waals surface area contributed by atoms with Crippen LogP contribution in [0.2, 0.25) is 39.3 Å². The molecule has 196 valence electrons. The molecular weight excluding hydrogens is 458 g/mol. The molecule has 0 aliphatic heterocycles. The van der Waals surface area contributed by atoms with Crippen LogP contribution in [0, 0.1) is 0 Å². The average Bonchev–Trinajstić information content (AvgIpc) is 3.08. The molecule has 0 aromatic rings. The fourth-order valence-corrected chi connectivity index (χ4v) is 6.11. The van der Waals surface area contributed by atoms with E-state index < -0.39 is 16.6 Å². The molecular formula is C27H51NO4Si2. The van der Waals surface area contributed by atoms with E-state index in [4.69, 9.17) is 13.7 Å². The molecule has 0 radical (unpaired) electrons. The highest BCUT2D eigenvalue weighted by Crippen LogP contribution is 2.30. The monoisotopic (exact) mass is 509 g/mol. The molecule has 7 heteroatoms. The van der Waals surface area contributed by atoms with E-state index in [-0.39, 0.29) is 12.1 Å². The summed E-state index contributed by atoms with van der Waals surface area (Å²) in [4.78, 5) is 17.0. The van der Waals surface area contributed by atoms with Gasteiger partial charge in [0.05, 0.1) is 11.8 Å². The van der Waals surface area contributed by atoms with Crippen molar-refractivity contribution >= 4 is 28.3 Å². The van der Waals surface area contributed by atoms with Crippen LogP contribution in [-0.4, -0.2) is 41.5 Å². The van der Waals surface area contributed by atoms with Crippen molar-refractivity contribution in [1.82, 2.24) is 0 Å². The van der Waals surface area contributed by atoms with Crippen LogP contribution in [0.1, 0.15) is 84.0 Å². The lowest BCUT2D eigenvalue weighted by Crippen LogP contribution is -2.31. The lowest BCUT2D eigenvalue weighted by molar-refractivity contribution is -0.135. The van der Waals surface area contributed by atoms with Gasteiger partial charge in [0.15, 0.2) is 8.32 Å². The van der Waals surface area contributed by atoms with Gasteiger partial charge in [0.2, 0.25) is 8.32 Å². The second kappa shape index (κ2) is 15.7. The molecule has 5 nitrogen and oxygen atoms in total. The molecule has 0 fully saturated rings. The summed E-state index contributed by atoms with van der Waals surface area (Å²) in [5, 5.41) is 4.32. The second-order valence-electron chi connectivity index (χ2n) is 11.3. The van der Waals surface area contributed by atoms with Crippen molar-refractivity contribution in [3.8, 4) is 0 Å². The molecule has 0 saturated carbocycles. The Balaban J connectivity index is 2.69. The number of oxime groups is 1. The molecule has 0 saturated heterocycles. The molecule has 0 N–H and O–H groups in total. The normalized spacial score (nSPS) is 17.1. The van der Waals surface area contributed by atoms with Crippen LogP contribution in [0.5, 0.6) is 0 Å². The van der Waals surface area contributed by atoms with Crippen molar-refractivity contribution < 1.29 is 18.5 Å². The van der Waals surface area contributed by atoms with Gasteiger partial charge in [-0.15, -0.1) is 0 Å². The van der Waals surface area contributed by atoms with Crippen molar-refractivity contribution in [2.45, 2.75) is 129 Å². The number of carbonyl (C=O) groups is 1. The fourth-order valence-electron chi connectivity index (χ4n) is 4.22. The van der Waals surface area contributed by atoms with Crippen molar-refractivity contribution in [3.63, 3.8) is 0 Å². The van der Waals surface area contributed by atoms with Gasteiger partial charge in [0.25, 0.3) is 5.97 Å². The SMILES string of the molecule is CCCCCC(/C=C/C1=C(CCCCCCC(=O)O[Si](C)(C)C)C(=NOC)CC1)O[Si](C)(C)C. The quantitative estimate of drug-likeness (QED) is 0.113. The van der Waals surface area contributed by atoms with Crippen molar-refractivity contribution in [2.75, 3.05) is 7.11 Å². The van der Waals surface area contributed by atoms with E-state index in [1.165, 1.54) is 30.4 Å². The highest BCUT2D eigenvalue weighted by Gasteiger charge is 2.23. The minimum absolute atomic E-state index is 0.0337. The first-order chi connectivity index (χ1) is 15.9. The van der Waals surface area contributed by atoms with E-state index in [0.717, 1.165) is 57.1 Å². The summed E-state index contributed by atoms with van der Waals surface area (Å²) >= 11 is 0. The number of nitrogens with zero attached hydrogens (tertiary/aromatic N) is 1. The van der Waals surface area contributed by atoms with Gasteiger partial charge in [-0.25, -0.2) is 0 Å². The molecule has 0 heterocycles. The van der Waals surface area contributed by atoms with Gasteiger partial charge in [0.1, 0.15) is 7.11 Å². The summed E-state index contributed by atoms with van der Waals surface area (Å²) in [5.41, 5.74) is 3.82. The molecule has 1 atom stereocenters. The van der Waals surface area contributed by atoms with E-state index in [1.54, 1.807) is 7.11 Å². The van der Waals surface area contributed by atoms with E-state index in [2.05, 4.69) is 63.5 Å². The standard InChI is InChI=1S/C27H51NO4Si2/c1-9-10-13-16-24(31-33(3,4)5)21-19-23-20-22-26(28-30-2)25(23)17-14-11-12-15-18-27(29)32-34(6,7)8/h19,21,24H,9-18,20,22H2,1-8H3/b21-19+,28-26?. The van der Waals surface area contributed by atoms with Gasteiger partial charge in [-0.05, 0) is 89.0 Å². The Morgan fingerprint density at radius 2 is 1.68 bits per heavy atom. The maximum atomic E-state index is 11.9. The van der Waals surface area contributed by atoms with Crippen molar-refractivity contribution in [1.29, 1.82) is 0 Å². The summed E-state index contributed by atoms with van der Waals surface area (Å²) in [6.45, 7) is 15.2. The molecule has 1 rings (SSSR count). The van der Waals surface area contributed by atoms with Gasteiger partial charge >= 0.3 is 0 Å². The summed E-state index contributed by atoms with van der Waals surface area (Å²) in [7, 11) is -1.74. The zero-order chi connectivity index (χ0) is 25.6. The maximum Gasteiger partial charge on any atom is 0.292 e. The van der Waals surface area contributed by atoms with Crippen LogP contribution in [0.15, 0.2) is 28.5 Å². The third-order valence-electron chi connectivity index (χ3n) is 5.66. The molecule has 1 aliphatic rings.